The van der Waals surface area contributed by atoms with E-state index in [0.717, 1.165) is 12.8 Å². The van der Waals surface area contributed by atoms with E-state index in [0.29, 0.717) is 17.2 Å². The summed E-state index contributed by atoms with van der Waals surface area (Å²) in [7, 11) is 0. The predicted molar refractivity (Wildman–Crippen MR) is 67.1 cm³/mol. The van der Waals surface area contributed by atoms with Crippen LogP contribution in [0.1, 0.15) is 25.7 Å². The Balaban J connectivity index is 1.87. The van der Waals surface area contributed by atoms with Crippen LogP contribution < -0.4 is 5.32 Å². The first-order chi connectivity index (χ1) is 9.80. The molecule has 0 aromatic rings. The van der Waals surface area contributed by atoms with E-state index in [9.17, 15) is 22.8 Å². The molecule has 2 N–H and O–H groups in total. The number of carbonyl (C=O) groups excluding carboxylic acids is 2. The number of halogens is 3. The molecule has 2 fully saturated rings. The van der Waals surface area contributed by atoms with E-state index in [1.54, 1.807) is 0 Å². The molecule has 0 spiro atoms. The van der Waals surface area contributed by atoms with E-state index in [4.69, 9.17) is 5.11 Å². The third-order valence-corrected chi connectivity index (χ3v) is 3.91. The molecular formula is C13H19F3N2O3. The fraction of sp³-hybridized carbons (Fsp3) is 0.846. The van der Waals surface area contributed by atoms with Gasteiger partial charge >= 0.3 is 6.18 Å². The molecule has 8 heteroatoms. The number of carbonyl (C=O) groups is 2. The first-order valence-corrected chi connectivity index (χ1v) is 7.06. The van der Waals surface area contributed by atoms with Gasteiger partial charge in [0.25, 0.3) is 0 Å². The summed E-state index contributed by atoms with van der Waals surface area (Å²) in [6, 6.07) is -0.144. The third kappa shape index (κ3) is 4.59. The molecule has 2 amide bonds. The maximum absolute atomic E-state index is 12.3. The van der Waals surface area contributed by atoms with Crippen LogP contribution in [-0.2, 0) is 9.59 Å². The third-order valence-electron chi connectivity index (χ3n) is 3.91. The molecule has 120 valence electrons. The van der Waals surface area contributed by atoms with Crippen LogP contribution in [0.15, 0.2) is 0 Å². The van der Waals surface area contributed by atoms with Crippen molar-refractivity contribution in [1.82, 2.24) is 10.2 Å². The lowest BCUT2D eigenvalue weighted by Crippen LogP contribution is -2.42. The number of likely N-dealkylation sites (tertiary alicyclic amines) is 1. The Bertz CT molecular complexity index is 410. The molecule has 0 aromatic heterocycles. The minimum atomic E-state index is -4.45. The lowest BCUT2D eigenvalue weighted by Gasteiger charge is -2.21. The quantitative estimate of drug-likeness (QED) is 0.758. The molecule has 2 atom stereocenters. The van der Waals surface area contributed by atoms with Gasteiger partial charge in [-0.2, -0.15) is 13.2 Å². The van der Waals surface area contributed by atoms with Gasteiger partial charge in [-0.25, -0.2) is 0 Å². The Labute approximate surface area is 120 Å². The number of rotatable bonds is 6. The van der Waals surface area contributed by atoms with Gasteiger partial charge in [-0.05, 0) is 25.2 Å². The molecular weight excluding hydrogens is 289 g/mol. The topological polar surface area (TPSA) is 69.6 Å². The monoisotopic (exact) mass is 308 g/mol. The smallest absolute Gasteiger partial charge is 0.396 e. The van der Waals surface area contributed by atoms with E-state index in [-0.39, 0.29) is 25.6 Å². The van der Waals surface area contributed by atoms with Gasteiger partial charge in [0.2, 0.25) is 11.8 Å². The standard InChI is InChI=1S/C13H19F3N2O3/c14-13(15,16)7-18-6-9(5-11(18)20)12(21)17-10(3-4-19)8-1-2-8/h8-10,19H,1-7H2,(H,17,21). The lowest BCUT2D eigenvalue weighted by molar-refractivity contribution is -0.157. The highest BCUT2D eigenvalue weighted by Gasteiger charge is 2.41. The van der Waals surface area contributed by atoms with Crippen molar-refractivity contribution in [1.29, 1.82) is 0 Å². The fourth-order valence-corrected chi connectivity index (χ4v) is 2.68. The van der Waals surface area contributed by atoms with Crippen LogP contribution in [0.25, 0.3) is 0 Å². The van der Waals surface area contributed by atoms with Crippen LogP contribution in [0.2, 0.25) is 0 Å². The zero-order valence-electron chi connectivity index (χ0n) is 11.5. The molecule has 2 rings (SSSR count). The summed E-state index contributed by atoms with van der Waals surface area (Å²) >= 11 is 0. The number of nitrogens with zero attached hydrogens (tertiary/aromatic N) is 1. The van der Waals surface area contributed by atoms with E-state index >= 15 is 0 Å². The van der Waals surface area contributed by atoms with Gasteiger partial charge in [0, 0.05) is 25.6 Å². The Hall–Kier alpha value is -1.31. The highest BCUT2D eigenvalue weighted by Crippen LogP contribution is 2.34. The minimum absolute atomic E-state index is 0.0504. The minimum Gasteiger partial charge on any atom is -0.396 e. The number of hydrogen-bond acceptors (Lipinski definition) is 3. The molecule has 1 saturated carbocycles. The van der Waals surface area contributed by atoms with Crippen molar-refractivity contribution in [2.24, 2.45) is 11.8 Å². The van der Waals surface area contributed by atoms with Gasteiger partial charge in [0.1, 0.15) is 6.54 Å². The number of aliphatic hydroxyl groups is 1. The average molecular weight is 308 g/mol. The van der Waals surface area contributed by atoms with Gasteiger partial charge in [-0.3, -0.25) is 9.59 Å². The summed E-state index contributed by atoms with van der Waals surface area (Å²) in [5, 5.41) is 11.7. The average Bonchev–Trinajstić information content (AvgIpc) is 3.13. The molecule has 0 bridgehead atoms. The van der Waals surface area contributed by atoms with E-state index < -0.39 is 30.5 Å². The highest BCUT2D eigenvalue weighted by molar-refractivity contribution is 5.89. The summed E-state index contributed by atoms with van der Waals surface area (Å²) in [5.74, 6) is -1.43. The summed E-state index contributed by atoms with van der Waals surface area (Å²) in [6.07, 6.45) is -2.24. The summed E-state index contributed by atoms with van der Waals surface area (Å²) in [4.78, 5) is 24.3. The Morgan fingerprint density at radius 2 is 2.10 bits per heavy atom. The van der Waals surface area contributed by atoms with Crippen LogP contribution in [0.3, 0.4) is 0 Å². The molecule has 1 aliphatic carbocycles. The van der Waals surface area contributed by atoms with Crippen LogP contribution in [0.5, 0.6) is 0 Å². The number of hydrogen-bond donors (Lipinski definition) is 2. The molecule has 21 heavy (non-hydrogen) atoms. The Morgan fingerprint density at radius 1 is 1.43 bits per heavy atom. The van der Waals surface area contributed by atoms with Gasteiger partial charge in [-0.15, -0.1) is 0 Å². The normalized spacial score (nSPS) is 24.3. The van der Waals surface area contributed by atoms with Crippen molar-refractivity contribution < 1.29 is 27.9 Å². The summed E-state index contributed by atoms with van der Waals surface area (Å²) in [6.45, 7) is -1.55. The predicted octanol–water partition coefficient (Wildman–Crippen LogP) is 0.674. The molecule has 2 aliphatic rings. The van der Waals surface area contributed by atoms with E-state index in [2.05, 4.69) is 5.32 Å². The first kappa shape index (κ1) is 16.1. The number of alkyl halides is 3. The Kier molecular flexibility index (Phi) is 4.75. The van der Waals surface area contributed by atoms with Crippen molar-refractivity contribution in [3.8, 4) is 0 Å². The first-order valence-electron chi connectivity index (χ1n) is 7.06. The van der Waals surface area contributed by atoms with Crippen LogP contribution in [0, 0.1) is 11.8 Å². The van der Waals surface area contributed by atoms with Gasteiger partial charge in [0.05, 0.1) is 5.92 Å². The summed E-state index contributed by atoms with van der Waals surface area (Å²) < 4.78 is 36.9. The zero-order valence-corrected chi connectivity index (χ0v) is 11.5. The highest BCUT2D eigenvalue weighted by atomic mass is 19.4. The number of nitrogens with one attached hydrogen (secondary N) is 1. The van der Waals surface area contributed by atoms with Gasteiger partial charge in [-0.1, -0.05) is 0 Å². The fourth-order valence-electron chi connectivity index (χ4n) is 2.68. The summed E-state index contributed by atoms with van der Waals surface area (Å²) in [5.41, 5.74) is 0. The van der Waals surface area contributed by atoms with Crippen molar-refractivity contribution in [3.05, 3.63) is 0 Å². The molecule has 5 nitrogen and oxygen atoms in total. The maximum atomic E-state index is 12.3. The molecule has 1 heterocycles. The Morgan fingerprint density at radius 3 is 2.62 bits per heavy atom. The van der Waals surface area contributed by atoms with Crippen LogP contribution >= 0.6 is 0 Å². The second kappa shape index (κ2) is 6.21. The van der Waals surface area contributed by atoms with Crippen molar-refractivity contribution >= 4 is 11.8 Å². The largest absolute Gasteiger partial charge is 0.406 e. The number of amides is 2. The molecule has 1 aliphatic heterocycles. The zero-order chi connectivity index (χ0) is 15.6. The second-order valence-corrected chi connectivity index (χ2v) is 5.76. The van der Waals surface area contributed by atoms with Crippen LogP contribution in [-0.4, -0.2) is 53.7 Å². The SMILES string of the molecule is O=C(NC(CCO)C1CC1)C1CC(=O)N(CC(F)(F)F)C1. The van der Waals surface area contributed by atoms with Gasteiger partial charge < -0.3 is 15.3 Å². The molecule has 0 aromatic carbocycles. The van der Waals surface area contributed by atoms with E-state index in [1.807, 2.05) is 0 Å². The molecule has 2 unspecified atom stereocenters. The maximum Gasteiger partial charge on any atom is 0.406 e. The second-order valence-electron chi connectivity index (χ2n) is 5.76. The van der Waals surface area contributed by atoms with Crippen molar-refractivity contribution in [2.75, 3.05) is 19.7 Å². The molecule has 0 radical (unpaired) electrons. The lowest BCUT2D eigenvalue weighted by atomic mass is 10.0. The van der Waals surface area contributed by atoms with E-state index in [1.165, 1.54) is 0 Å². The van der Waals surface area contributed by atoms with Crippen molar-refractivity contribution in [2.45, 2.75) is 37.9 Å². The van der Waals surface area contributed by atoms with Crippen LogP contribution in [0.4, 0.5) is 13.2 Å². The molecule has 1 saturated heterocycles. The van der Waals surface area contributed by atoms with Gasteiger partial charge in [0.15, 0.2) is 0 Å². The number of aliphatic hydroxyl groups excluding tert-OH is 1. The van der Waals surface area contributed by atoms with Crippen molar-refractivity contribution in [3.63, 3.8) is 0 Å².